The number of rotatable bonds is 3. The van der Waals surface area contributed by atoms with E-state index in [1.807, 2.05) is 45.5 Å². The maximum Gasteiger partial charge on any atom is 0.257 e. The first-order chi connectivity index (χ1) is 18.7. The van der Waals surface area contributed by atoms with Gasteiger partial charge in [-0.1, -0.05) is 31.9 Å². The third kappa shape index (κ3) is 2.70. The van der Waals surface area contributed by atoms with Crippen molar-refractivity contribution in [3.63, 3.8) is 0 Å². The van der Waals surface area contributed by atoms with E-state index in [4.69, 9.17) is 4.74 Å². The lowest BCUT2D eigenvalue weighted by molar-refractivity contribution is -0.187. The van der Waals surface area contributed by atoms with Gasteiger partial charge in [-0.25, -0.2) is 0 Å². The molecule has 2 bridgehead atoms. The smallest absolute Gasteiger partial charge is 0.257 e. The fourth-order valence-corrected chi connectivity index (χ4v) is 7.84. The number of aromatic nitrogens is 2. The lowest BCUT2D eigenvalue weighted by atomic mass is 9.87. The Morgan fingerprint density at radius 2 is 1.82 bits per heavy atom. The lowest BCUT2D eigenvalue weighted by Gasteiger charge is -2.38. The predicted molar refractivity (Wildman–Crippen MR) is 152 cm³/mol. The second kappa shape index (κ2) is 7.61. The molecule has 1 fully saturated rings. The quantitative estimate of drug-likeness (QED) is 0.234. The number of carbonyl (C=O) groups excluding carboxylic acids is 2. The SMILES string of the molecule is CC12OC(CC1(O)C(=O)NCCO)n1c3ccc(Br)cc3c3c4c(c5c6cc(Br)ccc6n2c5c31)CNC4=O. The molecule has 0 saturated carbocycles. The summed E-state index contributed by atoms with van der Waals surface area (Å²) in [7, 11) is 0. The number of amides is 2. The summed E-state index contributed by atoms with van der Waals surface area (Å²) in [6.45, 7) is 1.88. The van der Waals surface area contributed by atoms with Crippen molar-refractivity contribution in [3.8, 4) is 0 Å². The normalized spacial score (nSPS) is 25.3. The molecule has 3 aromatic carbocycles. The summed E-state index contributed by atoms with van der Waals surface area (Å²) in [5.41, 5.74) is 1.35. The zero-order valence-electron chi connectivity index (χ0n) is 20.6. The van der Waals surface area contributed by atoms with Crippen LogP contribution in [-0.4, -0.2) is 49.9 Å². The van der Waals surface area contributed by atoms with Crippen LogP contribution in [0.1, 0.15) is 35.5 Å². The summed E-state index contributed by atoms with van der Waals surface area (Å²) in [5, 5.41) is 30.9. The number of benzene rings is 3. The predicted octanol–water partition coefficient (Wildman–Crippen LogP) is 4.12. The summed E-state index contributed by atoms with van der Waals surface area (Å²) < 4.78 is 12.5. The maximum absolute atomic E-state index is 13.6. The molecule has 3 atom stereocenters. The van der Waals surface area contributed by atoms with E-state index >= 15 is 0 Å². The Morgan fingerprint density at radius 1 is 1.13 bits per heavy atom. The molecule has 0 spiro atoms. The Balaban J connectivity index is 1.65. The van der Waals surface area contributed by atoms with Crippen molar-refractivity contribution in [2.24, 2.45) is 0 Å². The van der Waals surface area contributed by atoms with Gasteiger partial charge in [-0.05, 0) is 48.9 Å². The van der Waals surface area contributed by atoms with Gasteiger partial charge in [0.1, 0.15) is 6.23 Å². The highest BCUT2D eigenvalue weighted by molar-refractivity contribution is 9.10. The Hall–Kier alpha value is -2.96. The van der Waals surface area contributed by atoms with Crippen molar-refractivity contribution in [1.82, 2.24) is 19.8 Å². The highest BCUT2D eigenvalue weighted by Crippen LogP contribution is 2.57. The van der Waals surface area contributed by atoms with Crippen LogP contribution in [0.2, 0.25) is 0 Å². The van der Waals surface area contributed by atoms with Crippen LogP contribution in [0.4, 0.5) is 0 Å². The van der Waals surface area contributed by atoms with Crippen LogP contribution >= 0.6 is 31.9 Å². The van der Waals surface area contributed by atoms with Gasteiger partial charge < -0.3 is 34.7 Å². The highest BCUT2D eigenvalue weighted by Gasteiger charge is 2.64. The van der Waals surface area contributed by atoms with Gasteiger partial charge in [0.15, 0.2) is 11.3 Å². The summed E-state index contributed by atoms with van der Waals surface area (Å²) >= 11 is 7.22. The fraction of sp³-hybridized carbons (Fsp3) is 0.286. The number of fused-ring (bicyclic) bond motifs is 13. The number of halogens is 2. The molecular formula is C28H22Br2N4O5. The molecule has 3 aliphatic rings. The molecule has 2 amide bonds. The largest absolute Gasteiger partial charge is 0.395 e. The number of hydrogen-bond donors (Lipinski definition) is 4. The molecule has 2 aromatic heterocycles. The van der Waals surface area contributed by atoms with Gasteiger partial charge in [-0.2, -0.15) is 0 Å². The van der Waals surface area contributed by atoms with E-state index in [2.05, 4.69) is 42.5 Å². The van der Waals surface area contributed by atoms with Crippen LogP contribution in [0.25, 0.3) is 43.6 Å². The average Bonchev–Trinajstić information content (AvgIpc) is 3.59. The van der Waals surface area contributed by atoms with Gasteiger partial charge in [0, 0.05) is 50.0 Å². The fourth-order valence-electron chi connectivity index (χ4n) is 7.12. The van der Waals surface area contributed by atoms with Crippen LogP contribution in [0, 0.1) is 0 Å². The number of carbonyl (C=O) groups is 2. The van der Waals surface area contributed by atoms with Gasteiger partial charge in [0.05, 0.1) is 34.2 Å². The molecule has 0 radical (unpaired) electrons. The first-order valence-electron chi connectivity index (χ1n) is 12.7. The molecular weight excluding hydrogens is 632 g/mol. The number of ether oxygens (including phenoxy) is 1. The minimum atomic E-state index is -1.96. The standard InChI is InChI=1S/C28H22Br2N4O5/c1-27-28(38,26(37)31-6-7-35)10-19(39-27)33-17-4-2-12(29)8-14(17)21-22-16(11-32-25(22)36)20-15-9-13(30)3-5-18(15)34(27)24(20)23(21)33/h2-5,8-9,19,35,38H,6-7,10-11H2,1H3,(H,31,37)(H,32,36). The number of hydrogen-bond acceptors (Lipinski definition) is 5. The summed E-state index contributed by atoms with van der Waals surface area (Å²) in [6, 6.07) is 11.8. The second-order valence-corrected chi connectivity index (χ2v) is 12.4. The molecule has 39 heavy (non-hydrogen) atoms. The first kappa shape index (κ1) is 23.9. The number of aliphatic hydroxyl groups is 2. The van der Waals surface area contributed by atoms with Crippen LogP contribution < -0.4 is 10.6 Å². The molecule has 4 N–H and O–H groups in total. The zero-order chi connectivity index (χ0) is 27.0. The van der Waals surface area contributed by atoms with E-state index in [9.17, 15) is 19.8 Å². The zero-order valence-corrected chi connectivity index (χ0v) is 23.8. The third-order valence-electron chi connectivity index (χ3n) is 8.72. The van der Waals surface area contributed by atoms with E-state index in [0.717, 1.165) is 58.1 Å². The van der Waals surface area contributed by atoms with Crippen LogP contribution in [-0.2, 0) is 21.8 Å². The molecule has 3 aliphatic heterocycles. The van der Waals surface area contributed by atoms with Crippen molar-refractivity contribution >= 4 is 87.3 Å². The van der Waals surface area contributed by atoms with E-state index < -0.39 is 23.5 Å². The third-order valence-corrected chi connectivity index (χ3v) is 9.70. The first-order valence-corrected chi connectivity index (χ1v) is 14.3. The number of nitrogens with one attached hydrogen (secondary N) is 2. The van der Waals surface area contributed by atoms with Gasteiger partial charge >= 0.3 is 0 Å². The number of aliphatic hydroxyl groups excluding tert-OH is 1. The summed E-state index contributed by atoms with van der Waals surface area (Å²) in [5.74, 6) is -0.728. The minimum absolute atomic E-state index is 0.0132. The van der Waals surface area contributed by atoms with E-state index in [1.54, 1.807) is 6.92 Å². The van der Waals surface area contributed by atoms with Crippen molar-refractivity contribution in [3.05, 3.63) is 56.5 Å². The van der Waals surface area contributed by atoms with Gasteiger partial charge in [0.25, 0.3) is 11.8 Å². The second-order valence-electron chi connectivity index (χ2n) is 10.6. The Labute approximate surface area is 237 Å². The van der Waals surface area contributed by atoms with Crippen molar-refractivity contribution in [1.29, 1.82) is 0 Å². The minimum Gasteiger partial charge on any atom is -0.395 e. The van der Waals surface area contributed by atoms with Gasteiger partial charge in [-0.15, -0.1) is 0 Å². The van der Waals surface area contributed by atoms with Crippen LogP contribution in [0.15, 0.2) is 45.3 Å². The van der Waals surface area contributed by atoms with Crippen molar-refractivity contribution in [2.45, 2.75) is 37.4 Å². The van der Waals surface area contributed by atoms with Crippen LogP contribution in [0.3, 0.4) is 0 Å². The van der Waals surface area contributed by atoms with Gasteiger partial charge in [0.2, 0.25) is 0 Å². The lowest BCUT2D eigenvalue weighted by Crippen LogP contribution is -2.59. The summed E-state index contributed by atoms with van der Waals surface area (Å²) in [6.07, 6.45) is -0.715. The highest BCUT2D eigenvalue weighted by atomic mass is 79.9. The van der Waals surface area contributed by atoms with E-state index in [0.29, 0.717) is 12.1 Å². The number of nitrogens with zero attached hydrogens (tertiary/aromatic N) is 2. The molecule has 8 rings (SSSR count). The molecule has 9 nitrogen and oxygen atoms in total. The molecule has 5 aromatic rings. The van der Waals surface area contributed by atoms with Crippen molar-refractivity contribution in [2.75, 3.05) is 13.2 Å². The average molecular weight is 654 g/mol. The molecule has 3 unspecified atom stereocenters. The van der Waals surface area contributed by atoms with Gasteiger partial charge in [-0.3, -0.25) is 9.59 Å². The molecule has 1 saturated heterocycles. The maximum atomic E-state index is 13.6. The molecule has 198 valence electrons. The Bertz CT molecular complexity index is 1980. The molecule has 0 aliphatic carbocycles. The molecule has 5 heterocycles. The molecule has 11 heteroatoms. The van der Waals surface area contributed by atoms with E-state index in [-0.39, 0.29) is 25.5 Å². The topological polar surface area (TPSA) is 118 Å². The van der Waals surface area contributed by atoms with Crippen LogP contribution in [0.5, 0.6) is 0 Å². The monoisotopic (exact) mass is 652 g/mol. The Morgan fingerprint density at radius 3 is 2.54 bits per heavy atom. The van der Waals surface area contributed by atoms with Crippen molar-refractivity contribution < 1.29 is 24.5 Å². The summed E-state index contributed by atoms with van der Waals surface area (Å²) in [4.78, 5) is 27.0. The Kier molecular flexibility index (Phi) is 4.66. The van der Waals surface area contributed by atoms with E-state index in [1.165, 1.54) is 0 Å².